The summed E-state index contributed by atoms with van der Waals surface area (Å²) in [5, 5.41) is 8.73. The number of nitrogens with zero attached hydrogens (tertiary/aromatic N) is 1. The molecule has 1 aromatic carbocycles. The topological polar surface area (TPSA) is 70.0 Å². The SMILES string of the molecule is N#CCS(=O)(=O)Nc1c(Cl)cc(Cl)cc1Cl. The van der Waals surface area contributed by atoms with Gasteiger partial charge in [-0.25, -0.2) is 8.42 Å². The van der Waals surface area contributed by atoms with Crippen LogP contribution in [-0.4, -0.2) is 14.2 Å². The lowest BCUT2D eigenvalue weighted by Crippen LogP contribution is -2.16. The monoisotopic (exact) mass is 298 g/mol. The van der Waals surface area contributed by atoms with E-state index in [0.717, 1.165) is 0 Å². The third kappa shape index (κ3) is 3.42. The second-order valence-corrected chi connectivity index (χ2v) is 5.74. The van der Waals surface area contributed by atoms with Gasteiger partial charge in [-0.2, -0.15) is 5.26 Å². The summed E-state index contributed by atoms with van der Waals surface area (Å²) in [6.07, 6.45) is 0. The Morgan fingerprint density at radius 3 is 2.19 bits per heavy atom. The first-order valence-electron chi connectivity index (χ1n) is 3.87. The summed E-state index contributed by atoms with van der Waals surface area (Å²) in [7, 11) is -3.77. The van der Waals surface area contributed by atoms with E-state index < -0.39 is 15.8 Å². The third-order valence-corrected chi connectivity index (χ3v) is 3.36. The lowest BCUT2D eigenvalue weighted by Gasteiger charge is -2.09. The molecule has 0 atom stereocenters. The Hall–Kier alpha value is -0.670. The second kappa shape index (κ2) is 5.11. The van der Waals surface area contributed by atoms with Crippen LogP contribution in [0.3, 0.4) is 0 Å². The highest BCUT2D eigenvalue weighted by Gasteiger charge is 2.15. The van der Waals surface area contributed by atoms with Gasteiger partial charge in [0.25, 0.3) is 0 Å². The Kier molecular flexibility index (Phi) is 4.28. The molecule has 8 heteroatoms. The summed E-state index contributed by atoms with van der Waals surface area (Å²) in [6.45, 7) is 0. The van der Waals surface area contributed by atoms with Gasteiger partial charge in [0.1, 0.15) is 0 Å². The summed E-state index contributed by atoms with van der Waals surface area (Å²) < 4.78 is 24.7. The molecule has 0 heterocycles. The van der Waals surface area contributed by atoms with Gasteiger partial charge < -0.3 is 0 Å². The normalized spacial score (nSPS) is 10.9. The highest BCUT2D eigenvalue weighted by Crippen LogP contribution is 2.34. The molecule has 0 saturated carbocycles. The minimum atomic E-state index is -3.77. The van der Waals surface area contributed by atoms with E-state index in [2.05, 4.69) is 4.72 Å². The molecule has 0 aliphatic rings. The van der Waals surface area contributed by atoms with Gasteiger partial charge >= 0.3 is 0 Å². The molecule has 1 N–H and O–H groups in total. The smallest absolute Gasteiger partial charge is 0.246 e. The fourth-order valence-electron chi connectivity index (χ4n) is 0.916. The maximum absolute atomic E-state index is 11.3. The molecule has 0 aromatic heterocycles. The highest BCUT2D eigenvalue weighted by atomic mass is 35.5. The number of halogens is 3. The number of rotatable bonds is 3. The lowest BCUT2D eigenvalue weighted by molar-refractivity contribution is 0.604. The predicted molar refractivity (Wildman–Crippen MR) is 64.5 cm³/mol. The van der Waals surface area contributed by atoms with Crippen molar-refractivity contribution in [2.24, 2.45) is 0 Å². The quantitative estimate of drug-likeness (QED) is 0.933. The van der Waals surface area contributed by atoms with Gasteiger partial charge in [-0.05, 0) is 12.1 Å². The molecule has 4 nitrogen and oxygen atoms in total. The third-order valence-electron chi connectivity index (χ3n) is 1.52. The molecule has 0 spiro atoms. The van der Waals surface area contributed by atoms with Crippen molar-refractivity contribution in [2.45, 2.75) is 0 Å². The van der Waals surface area contributed by atoms with Crippen LogP contribution < -0.4 is 4.72 Å². The van der Waals surface area contributed by atoms with Crippen molar-refractivity contribution < 1.29 is 8.42 Å². The Morgan fingerprint density at radius 2 is 1.75 bits per heavy atom. The molecular weight excluding hydrogens is 295 g/mol. The van der Waals surface area contributed by atoms with Crippen LogP contribution in [0.1, 0.15) is 0 Å². The molecule has 0 amide bonds. The minimum absolute atomic E-state index is 0.0167. The number of nitrogens with one attached hydrogen (secondary N) is 1. The average Bonchev–Trinajstić information content (AvgIpc) is 2.11. The number of sulfonamides is 1. The van der Waals surface area contributed by atoms with Crippen LogP contribution in [0.2, 0.25) is 15.1 Å². The Bertz CT molecular complexity index is 528. The maximum atomic E-state index is 11.3. The van der Waals surface area contributed by atoms with Crippen molar-refractivity contribution in [3.8, 4) is 6.07 Å². The largest absolute Gasteiger partial charge is 0.280 e. The van der Waals surface area contributed by atoms with Crippen molar-refractivity contribution in [2.75, 3.05) is 10.5 Å². The number of benzene rings is 1. The standard InChI is InChI=1S/C8H5Cl3N2O2S/c9-5-3-6(10)8(7(11)4-5)13-16(14,15)2-1-12/h3-4,13H,2H2. The fourth-order valence-corrected chi connectivity index (χ4v) is 2.71. The van der Waals surface area contributed by atoms with Crippen LogP contribution in [0.25, 0.3) is 0 Å². The van der Waals surface area contributed by atoms with E-state index in [1.54, 1.807) is 0 Å². The van der Waals surface area contributed by atoms with Gasteiger partial charge in [-0.1, -0.05) is 34.8 Å². The van der Waals surface area contributed by atoms with Crippen molar-refractivity contribution in [3.05, 3.63) is 27.2 Å². The van der Waals surface area contributed by atoms with Gasteiger partial charge in [-0.15, -0.1) is 0 Å². The molecular formula is C8H5Cl3N2O2S. The minimum Gasteiger partial charge on any atom is -0.280 e. The number of nitriles is 1. The van der Waals surface area contributed by atoms with Gasteiger partial charge in [0, 0.05) is 5.02 Å². The fraction of sp³-hybridized carbons (Fsp3) is 0.125. The van der Waals surface area contributed by atoms with Crippen molar-refractivity contribution in [3.63, 3.8) is 0 Å². The molecule has 0 aliphatic carbocycles. The van der Waals surface area contributed by atoms with Gasteiger partial charge in [-0.3, -0.25) is 4.72 Å². The van der Waals surface area contributed by atoms with E-state index in [9.17, 15) is 8.42 Å². The summed E-state index contributed by atoms with van der Waals surface area (Å²) in [5.74, 6) is -0.678. The molecule has 0 saturated heterocycles. The summed E-state index contributed by atoms with van der Waals surface area (Å²) >= 11 is 17.2. The summed E-state index contributed by atoms with van der Waals surface area (Å²) in [6, 6.07) is 4.21. The van der Waals surface area contributed by atoms with E-state index in [1.165, 1.54) is 18.2 Å². The van der Waals surface area contributed by atoms with Crippen LogP contribution in [0.5, 0.6) is 0 Å². The Labute approximate surface area is 108 Å². The van der Waals surface area contributed by atoms with Crippen LogP contribution in [0, 0.1) is 11.3 Å². The first kappa shape index (κ1) is 13.4. The van der Waals surface area contributed by atoms with Gasteiger partial charge in [0.05, 0.1) is 21.8 Å². The van der Waals surface area contributed by atoms with Crippen LogP contribution in [0.4, 0.5) is 5.69 Å². The molecule has 0 aliphatic heterocycles. The summed E-state index contributed by atoms with van der Waals surface area (Å²) in [4.78, 5) is 0. The van der Waals surface area contributed by atoms with E-state index in [4.69, 9.17) is 40.1 Å². The molecule has 0 unspecified atom stereocenters. The van der Waals surface area contributed by atoms with Crippen LogP contribution in [-0.2, 0) is 10.0 Å². The molecule has 16 heavy (non-hydrogen) atoms. The van der Waals surface area contributed by atoms with Crippen molar-refractivity contribution >= 4 is 50.5 Å². The first-order chi connectivity index (χ1) is 7.35. The van der Waals surface area contributed by atoms with Gasteiger partial charge in [0.15, 0.2) is 5.75 Å². The Morgan fingerprint density at radius 1 is 1.25 bits per heavy atom. The van der Waals surface area contributed by atoms with E-state index in [0.29, 0.717) is 5.02 Å². The highest BCUT2D eigenvalue weighted by molar-refractivity contribution is 7.92. The molecule has 0 radical (unpaired) electrons. The number of anilines is 1. The zero-order valence-corrected chi connectivity index (χ0v) is 10.8. The van der Waals surface area contributed by atoms with Gasteiger partial charge in [0.2, 0.25) is 10.0 Å². The summed E-state index contributed by atoms with van der Waals surface area (Å²) in [5.41, 5.74) is 0.0167. The van der Waals surface area contributed by atoms with E-state index in [1.807, 2.05) is 0 Å². The number of hydrogen-bond donors (Lipinski definition) is 1. The molecule has 0 fully saturated rings. The Balaban J connectivity index is 3.13. The van der Waals surface area contributed by atoms with Crippen LogP contribution >= 0.6 is 34.8 Å². The van der Waals surface area contributed by atoms with Crippen molar-refractivity contribution in [1.82, 2.24) is 0 Å². The number of hydrogen-bond acceptors (Lipinski definition) is 3. The average molecular weight is 300 g/mol. The molecule has 0 bridgehead atoms. The zero-order chi connectivity index (χ0) is 12.3. The maximum Gasteiger partial charge on any atom is 0.246 e. The second-order valence-electron chi connectivity index (χ2n) is 2.76. The zero-order valence-electron chi connectivity index (χ0n) is 7.67. The van der Waals surface area contributed by atoms with Crippen LogP contribution in [0.15, 0.2) is 12.1 Å². The first-order valence-corrected chi connectivity index (χ1v) is 6.66. The predicted octanol–water partition coefficient (Wildman–Crippen LogP) is 2.91. The van der Waals surface area contributed by atoms with E-state index >= 15 is 0 Å². The van der Waals surface area contributed by atoms with E-state index in [-0.39, 0.29) is 15.7 Å². The molecule has 1 aromatic rings. The van der Waals surface area contributed by atoms with Crippen molar-refractivity contribution in [1.29, 1.82) is 5.26 Å². The molecule has 1 rings (SSSR count). The lowest BCUT2D eigenvalue weighted by atomic mass is 10.3. The molecule has 86 valence electrons.